The maximum absolute atomic E-state index is 12.8. The number of allylic oxidation sites excluding steroid dienone is 4. The fourth-order valence-corrected chi connectivity index (χ4v) is 7.92. The second-order valence-corrected chi connectivity index (χ2v) is 18.4. The summed E-state index contributed by atoms with van der Waals surface area (Å²) in [4.78, 5) is 23.1. The van der Waals surface area contributed by atoms with Crippen molar-refractivity contribution in [1.82, 2.24) is 5.32 Å². The number of phosphoric ester groups is 1. The number of ether oxygens (including phenoxy) is 3. The van der Waals surface area contributed by atoms with E-state index in [4.69, 9.17) is 23.3 Å². The van der Waals surface area contributed by atoms with Crippen molar-refractivity contribution in [3.8, 4) is 0 Å². The third-order valence-electron chi connectivity index (χ3n) is 11.1. The van der Waals surface area contributed by atoms with E-state index in [1.54, 1.807) is 0 Å². The summed E-state index contributed by atoms with van der Waals surface area (Å²) in [6.45, 7) is 3.52. The summed E-state index contributed by atoms with van der Waals surface area (Å²) in [7, 11) is -4.55. The fraction of sp³-hybridized carbons (Fsp3) is 0.894. The number of unbranched alkanes of at least 4 members (excludes halogenated alkanes) is 23. The molecule has 6 atom stereocenters. The number of phosphoric acid groups is 1. The Labute approximate surface area is 370 Å². The summed E-state index contributed by atoms with van der Waals surface area (Å²) in [6, 6.07) is 0. The molecule has 0 aliphatic carbocycles. The normalized spacial score (nSPS) is 21.1. The summed E-state index contributed by atoms with van der Waals surface area (Å²) in [5.74, 6) is -2.57. The largest absolute Gasteiger partial charge is 0.472 e. The van der Waals surface area contributed by atoms with Gasteiger partial charge in [0.05, 0.1) is 33.0 Å². The molecule has 0 amide bonds. The standard InChI is InChI=1S/C47H90NO12P/c1-3-5-7-9-11-13-15-17-19-21-23-25-27-29-31-33-36-56-38-42(60-44(50)34-32-30-28-26-24-22-20-18-16-14-12-10-8-6-4-2)39-59-61(54,55)58-37-35-48-41-47(53)46(52)45(51)43(49)40-57-47/h12,14,18,20,42-43,45-46,48-49,51-53H,3-11,13,15-17,19,21-41H2,1-2H3,(H,54,55)/b14-12-,20-18-/t42-,43-,45-,46+,47-/m1/s1. The van der Waals surface area contributed by atoms with Crippen molar-refractivity contribution in [3.63, 3.8) is 0 Å². The Balaban J connectivity index is 2.35. The zero-order valence-corrected chi connectivity index (χ0v) is 39.3. The lowest BCUT2D eigenvalue weighted by Gasteiger charge is -2.41. The molecule has 1 aliphatic heterocycles. The summed E-state index contributed by atoms with van der Waals surface area (Å²) < 4.78 is 39.4. The van der Waals surface area contributed by atoms with Crippen LogP contribution < -0.4 is 5.32 Å². The van der Waals surface area contributed by atoms with Gasteiger partial charge in [-0.3, -0.25) is 13.8 Å². The van der Waals surface area contributed by atoms with E-state index in [0.717, 1.165) is 64.2 Å². The van der Waals surface area contributed by atoms with Crippen molar-refractivity contribution >= 4 is 13.8 Å². The Hall–Kier alpha value is -1.22. The molecule has 0 aromatic heterocycles. The number of aliphatic hydroxyl groups is 4. The van der Waals surface area contributed by atoms with E-state index in [0.29, 0.717) is 13.0 Å². The minimum absolute atomic E-state index is 0.0235. The van der Waals surface area contributed by atoms with Crippen molar-refractivity contribution < 1.29 is 57.9 Å². The Morgan fingerprint density at radius 3 is 1.80 bits per heavy atom. The number of carbonyl (C=O) groups excluding carboxylic acids is 1. The second kappa shape index (κ2) is 39.2. The second-order valence-electron chi connectivity index (χ2n) is 16.9. The predicted octanol–water partition coefficient (Wildman–Crippen LogP) is 9.51. The van der Waals surface area contributed by atoms with E-state index in [9.17, 15) is 34.7 Å². The smallest absolute Gasteiger partial charge is 0.457 e. The van der Waals surface area contributed by atoms with Crippen LogP contribution in [0.1, 0.15) is 194 Å². The minimum atomic E-state index is -4.55. The van der Waals surface area contributed by atoms with Crippen LogP contribution in [0, 0.1) is 0 Å². The van der Waals surface area contributed by atoms with Crippen molar-refractivity contribution in [1.29, 1.82) is 0 Å². The van der Waals surface area contributed by atoms with Crippen LogP contribution >= 0.6 is 7.82 Å². The molecule has 1 fully saturated rings. The van der Waals surface area contributed by atoms with E-state index in [2.05, 4.69) is 43.5 Å². The third-order valence-corrected chi connectivity index (χ3v) is 12.1. The molecule has 1 saturated heterocycles. The maximum atomic E-state index is 12.8. The zero-order chi connectivity index (χ0) is 44.7. The van der Waals surface area contributed by atoms with Crippen LogP contribution in [0.4, 0.5) is 0 Å². The number of nitrogens with one attached hydrogen (secondary N) is 1. The van der Waals surface area contributed by atoms with Gasteiger partial charge in [-0.05, 0) is 44.9 Å². The van der Waals surface area contributed by atoms with Gasteiger partial charge in [-0.15, -0.1) is 0 Å². The lowest BCUT2D eigenvalue weighted by atomic mass is 9.97. The highest BCUT2D eigenvalue weighted by atomic mass is 31.2. The fourth-order valence-electron chi connectivity index (χ4n) is 7.17. The van der Waals surface area contributed by atoms with Gasteiger partial charge in [0.15, 0.2) is 0 Å². The first-order chi connectivity index (χ1) is 29.5. The molecule has 1 unspecified atom stereocenters. The van der Waals surface area contributed by atoms with Gasteiger partial charge in [0, 0.05) is 19.6 Å². The van der Waals surface area contributed by atoms with Gasteiger partial charge < -0.3 is 44.8 Å². The van der Waals surface area contributed by atoms with Crippen LogP contribution in [-0.4, -0.2) is 108 Å². The predicted molar refractivity (Wildman–Crippen MR) is 243 cm³/mol. The number of carbonyl (C=O) groups is 1. The monoisotopic (exact) mass is 892 g/mol. The van der Waals surface area contributed by atoms with Gasteiger partial charge in [0.1, 0.15) is 24.4 Å². The topological polar surface area (TPSA) is 193 Å². The number of rotatable bonds is 43. The first kappa shape index (κ1) is 57.8. The van der Waals surface area contributed by atoms with Crippen LogP contribution in [0.3, 0.4) is 0 Å². The molecule has 14 heteroatoms. The van der Waals surface area contributed by atoms with Crippen molar-refractivity contribution in [2.24, 2.45) is 0 Å². The summed E-state index contributed by atoms with van der Waals surface area (Å²) in [5, 5.41) is 42.7. The highest BCUT2D eigenvalue weighted by Gasteiger charge is 2.48. The van der Waals surface area contributed by atoms with Gasteiger partial charge in [0.25, 0.3) is 0 Å². The highest BCUT2D eigenvalue weighted by Crippen LogP contribution is 2.43. The molecular weight excluding hydrogens is 801 g/mol. The minimum Gasteiger partial charge on any atom is -0.457 e. The van der Waals surface area contributed by atoms with Crippen LogP contribution in [0.15, 0.2) is 24.3 Å². The molecule has 61 heavy (non-hydrogen) atoms. The van der Waals surface area contributed by atoms with Crippen LogP contribution in [0.25, 0.3) is 0 Å². The number of aliphatic hydroxyl groups excluding tert-OH is 3. The van der Waals surface area contributed by atoms with Crippen LogP contribution in [0.2, 0.25) is 0 Å². The Morgan fingerprint density at radius 1 is 0.705 bits per heavy atom. The van der Waals surface area contributed by atoms with E-state index in [1.165, 1.54) is 103 Å². The number of hydrogen-bond donors (Lipinski definition) is 6. The van der Waals surface area contributed by atoms with Crippen molar-refractivity contribution in [2.45, 2.75) is 224 Å². The van der Waals surface area contributed by atoms with Crippen molar-refractivity contribution in [2.75, 3.05) is 46.1 Å². The molecule has 6 N–H and O–H groups in total. The summed E-state index contributed by atoms with van der Waals surface area (Å²) in [6.07, 6.45) is 36.0. The Bertz CT molecular complexity index is 1130. The molecule has 0 spiro atoms. The third kappa shape index (κ3) is 33.0. The molecule has 360 valence electrons. The SMILES string of the molecule is CCCCC/C=C\C/C=C\CCCCCCCC(=O)O[C@H](COCCCCCCCCCCCCCCCCCC)COP(=O)(O)OCCNC[C@@]1(O)OC[C@@H](O)[C@@H](O)[C@@H]1O. The van der Waals surface area contributed by atoms with Crippen molar-refractivity contribution in [3.05, 3.63) is 24.3 Å². The van der Waals surface area contributed by atoms with E-state index in [-0.39, 0.29) is 39.3 Å². The van der Waals surface area contributed by atoms with Gasteiger partial charge in [-0.1, -0.05) is 167 Å². The molecule has 0 bridgehead atoms. The summed E-state index contributed by atoms with van der Waals surface area (Å²) in [5.41, 5.74) is 0. The summed E-state index contributed by atoms with van der Waals surface area (Å²) >= 11 is 0. The van der Waals surface area contributed by atoms with Gasteiger partial charge >= 0.3 is 13.8 Å². The zero-order valence-electron chi connectivity index (χ0n) is 38.4. The average molecular weight is 892 g/mol. The van der Waals surface area contributed by atoms with Gasteiger partial charge in [0.2, 0.25) is 5.79 Å². The molecule has 1 aliphatic rings. The van der Waals surface area contributed by atoms with E-state index in [1.807, 2.05) is 0 Å². The maximum Gasteiger partial charge on any atom is 0.472 e. The highest BCUT2D eigenvalue weighted by molar-refractivity contribution is 7.47. The molecule has 0 aromatic carbocycles. The molecular formula is C47H90NO12P. The Kier molecular flexibility index (Phi) is 37.1. The molecule has 0 radical (unpaired) electrons. The Morgan fingerprint density at radius 2 is 1.21 bits per heavy atom. The van der Waals surface area contributed by atoms with E-state index >= 15 is 0 Å². The van der Waals surface area contributed by atoms with Gasteiger partial charge in [-0.25, -0.2) is 4.57 Å². The molecule has 0 saturated carbocycles. The lowest BCUT2D eigenvalue weighted by molar-refractivity contribution is -0.317. The number of esters is 1. The van der Waals surface area contributed by atoms with Crippen LogP contribution in [-0.2, 0) is 32.6 Å². The van der Waals surface area contributed by atoms with Crippen LogP contribution in [0.5, 0.6) is 0 Å². The average Bonchev–Trinajstić information content (AvgIpc) is 3.24. The van der Waals surface area contributed by atoms with E-state index < -0.39 is 50.6 Å². The molecule has 1 rings (SSSR count). The quantitative estimate of drug-likeness (QED) is 0.0147. The first-order valence-corrected chi connectivity index (χ1v) is 25.8. The first-order valence-electron chi connectivity index (χ1n) is 24.3. The van der Waals surface area contributed by atoms with Gasteiger partial charge in [-0.2, -0.15) is 0 Å². The molecule has 1 heterocycles. The molecule has 13 nitrogen and oxygen atoms in total. The lowest BCUT2D eigenvalue weighted by Crippen LogP contribution is -2.64. The molecule has 0 aromatic rings. The number of hydrogen-bond acceptors (Lipinski definition) is 12.